The molecule has 1 saturated heterocycles. The zero-order chi connectivity index (χ0) is 20.4. The van der Waals surface area contributed by atoms with E-state index in [-0.39, 0.29) is 49.3 Å². The van der Waals surface area contributed by atoms with E-state index in [1.54, 1.807) is 4.90 Å². The number of rotatable bonds is 5. The number of hydrogen-bond acceptors (Lipinski definition) is 2. The fourth-order valence-corrected chi connectivity index (χ4v) is 3.35. The van der Waals surface area contributed by atoms with Crippen molar-refractivity contribution in [3.05, 3.63) is 34.6 Å². The molecule has 1 atom stereocenters. The minimum absolute atomic E-state index is 0. The summed E-state index contributed by atoms with van der Waals surface area (Å²) in [6, 6.07) is -0.716. The Morgan fingerprint density at radius 2 is 1.48 bits per heavy atom. The molecule has 0 aliphatic carbocycles. The summed E-state index contributed by atoms with van der Waals surface area (Å²) in [5.41, 5.74) is -3.85. The quantitative estimate of drug-likeness (QED) is 0.521. The average molecular weight is 473 g/mol. The van der Waals surface area contributed by atoms with Gasteiger partial charge in [0, 0.05) is 37.8 Å². The predicted octanol–water partition coefficient (Wildman–Crippen LogP) is 6.09. The fraction of sp³-hybridized carbons (Fsp3) is 0.667. The van der Waals surface area contributed by atoms with Crippen molar-refractivity contribution in [2.24, 2.45) is 5.92 Å². The molecule has 1 aromatic carbocycles. The maximum atomic E-state index is 14.7. The summed E-state index contributed by atoms with van der Waals surface area (Å²) in [7, 11) is 0. The number of alkyl halides is 6. The molecule has 170 valence electrons. The first kappa shape index (κ1) is 28.2. The van der Waals surface area contributed by atoms with Gasteiger partial charge < -0.3 is 5.32 Å². The summed E-state index contributed by atoms with van der Waals surface area (Å²) in [5, 5.41) is 3.07. The molecule has 0 spiro atoms. The number of piperazine rings is 1. The molecule has 0 amide bonds. The SMILES string of the molecule is CC(C)CC[C@@H](c1c(F)cc(C(F)(F)F)cc1C(F)(F)F)N1CCNCC1.Cl.Cl. The molecule has 11 heteroatoms. The van der Waals surface area contributed by atoms with Crippen molar-refractivity contribution in [3.63, 3.8) is 0 Å². The average Bonchev–Trinajstić information content (AvgIpc) is 2.54. The Balaban J connectivity index is 0.00000392. The van der Waals surface area contributed by atoms with Crippen LogP contribution in [0.5, 0.6) is 0 Å². The smallest absolute Gasteiger partial charge is 0.314 e. The first-order chi connectivity index (χ1) is 12.4. The maximum absolute atomic E-state index is 14.7. The van der Waals surface area contributed by atoms with Gasteiger partial charge in [0.05, 0.1) is 11.1 Å². The van der Waals surface area contributed by atoms with Crippen LogP contribution in [0.1, 0.15) is 49.4 Å². The Morgan fingerprint density at radius 3 is 1.93 bits per heavy atom. The molecule has 0 bridgehead atoms. The molecule has 1 aromatic rings. The number of nitrogens with one attached hydrogen (secondary N) is 1. The van der Waals surface area contributed by atoms with Crippen LogP contribution in [0.25, 0.3) is 0 Å². The van der Waals surface area contributed by atoms with Gasteiger partial charge in [-0.2, -0.15) is 26.3 Å². The van der Waals surface area contributed by atoms with E-state index in [2.05, 4.69) is 5.32 Å². The van der Waals surface area contributed by atoms with E-state index >= 15 is 0 Å². The minimum atomic E-state index is -5.08. The Morgan fingerprint density at radius 1 is 0.931 bits per heavy atom. The Bertz CT molecular complexity index is 642. The lowest BCUT2D eigenvalue weighted by molar-refractivity contribution is -0.144. The van der Waals surface area contributed by atoms with E-state index in [4.69, 9.17) is 0 Å². The van der Waals surface area contributed by atoms with Gasteiger partial charge in [0.25, 0.3) is 0 Å². The Kier molecular flexibility index (Phi) is 10.7. The summed E-state index contributed by atoms with van der Waals surface area (Å²) < 4.78 is 94.1. The molecule has 29 heavy (non-hydrogen) atoms. The largest absolute Gasteiger partial charge is 0.416 e. The van der Waals surface area contributed by atoms with Gasteiger partial charge in [-0.15, -0.1) is 24.8 Å². The molecular weight excluding hydrogens is 448 g/mol. The van der Waals surface area contributed by atoms with Gasteiger partial charge in [-0.25, -0.2) is 4.39 Å². The van der Waals surface area contributed by atoms with E-state index in [1.165, 1.54) is 0 Å². The van der Waals surface area contributed by atoms with Crippen LogP contribution in [0.15, 0.2) is 12.1 Å². The first-order valence-electron chi connectivity index (χ1n) is 8.84. The summed E-state index contributed by atoms with van der Waals surface area (Å²) in [6.45, 7) is 5.65. The second-order valence-corrected chi connectivity index (χ2v) is 7.19. The van der Waals surface area contributed by atoms with Crippen molar-refractivity contribution >= 4 is 24.8 Å². The minimum Gasteiger partial charge on any atom is -0.314 e. The second kappa shape index (κ2) is 11.0. The molecule has 0 radical (unpaired) electrons. The molecule has 1 heterocycles. The molecule has 1 N–H and O–H groups in total. The summed E-state index contributed by atoms with van der Waals surface area (Å²) in [6.07, 6.45) is -9.36. The highest BCUT2D eigenvalue weighted by molar-refractivity contribution is 5.85. The van der Waals surface area contributed by atoms with Crippen LogP contribution in [0.3, 0.4) is 0 Å². The second-order valence-electron chi connectivity index (χ2n) is 7.19. The number of hydrogen-bond donors (Lipinski definition) is 1. The van der Waals surface area contributed by atoms with Gasteiger partial charge in [0.2, 0.25) is 0 Å². The summed E-state index contributed by atoms with van der Waals surface area (Å²) >= 11 is 0. The highest BCUT2D eigenvalue weighted by Gasteiger charge is 2.42. The van der Waals surface area contributed by atoms with E-state index in [9.17, 15) is 30.7 Å². The van der Waals surface area contributed by atoms with Crippen LogP contribution < -0.4 is 5.32 Å². The third-order valence-electron chi connectivity index (χ3n) is 4.71. The molecule has 1 fully saturated rings. The van der Waals surface area contributed by atoms with Gasteiger partial charge in [0.15, 0.2) is 0 Å². The van der Waals surface area contributed by atoms with Crippen molar-refractivity contribution in [2.75, 3.05) is 26.2 Å². The normalized spacial score (nSPS) is 16.9. The molecule has 1 aliphatic heterocycles. The molecule has 2 rings (SSSR count). The van der Waals surface area contributed by atoms with Crippen LogP contribution in [0.2, 0.25) is 0 Å². The van der Waals surface area contributed by atoms with E-state index in [1.807, 2.05) is 13.8 Å². The lowest BCUT2D eigenvalue weighted by atomic mass is 9.90. The van der Waals surface area contributed by atoms with Crippen LogP contribution in [-0.2, 0) is 12.4 Å². The highest BCUT2D eigenvalue weighted by Crippen LogP contribution is 2.43. The molecule has 0 saturated carbocycles. The van der Waals surface area contributed by atoms with Crippen LogP contribution in [0, 0.1) is 11.7 Å². The van der Waals surface area contributed by atoms with E-state index < -0.39 is 40.9 Å². The molecule has 0 aromatic heterocycles. The van der Waals surface area contributed by atoms with Gasteiger partial charge in [-0.05, 0) is 30.9 Å². The zero-order valence-electron chi connectivity index (χ0n) is 16.0. The zero-order valence-corrected chi connectivity index (χ0v) is 17.6. The standard InChI is InChI=1S/C18H23F7N2.2ClH/c1-11(2)3-4-15(27-7-5-26-6-8-27)16-13(18(23,24)25)9-12(10-14(16)19)17(20,21)22;;/h9-11,15,26H,3-8H2,1-2H3;2*1H/t15-;;/m0../s1. The fourth-order valence-electron chi connectivity index (χ4n) is 3.35. The van der Waals surface area contributed by atoms with Crippen molar-refractivity contribution in [2.45, 2.75) is 45.1 Å². The van der Waals surface area contributed by atoms with Crippen molar-refractivity contribution in [1.29, 1.82) is 0 Å². The molecule has 0 unspecified atom stereocenters. The third-order valence-corrected chi connectivity index (χ3v) is 4.71. The molecular formula is C18H25Cl2F7N2. The van der Waals surface area contributed by atoms with Crippen LogP contribution >= 0.6 is 24.8 Å². The third kappa shape index (κ3) is 7.45. The van der Waals surface area contributed by atoms with Gasteiger partial charge >= 0.3 is 12.4 Å². The summed E-state index contributed by atoms with van der Waals surface area (Å²) in [5.74, 6) is -1.29. The molecule has 2 nitrogen and oxygen atoms in total. The van der Waals surface area contributed by atoms with Crippen molar-refractivity contribution in [3.8, 4) is 0 Å². The van der Waals surface area contributed by atoms with E-state index in [0.717, 1.165) is 0 Å². The first-order valence-corrected chi connectivity index (χ1v) is 8.84. The van der Waals surface area contributed by atoms with E-state index in [0.29, 0.717) is 32.6 Å². The van der Waals surface area contributed by atoms with Gasteiger partial charge in [-0.1, -0.05) is 13.8 Å². The predicted molar refractivity (Wildman–Crippen MR) is 102 cm³/mol. The lowest BCUT2D eigenvalue weighted by Gasteiger charge is -2.37. The lowest BCUT2D eigenvalue weighted by Crippen LogP contribution is -2.45. The number of benzene rings is 1. The highest BCUT2D eigenvalue weighted by atomic mass is 35.5. The van der Waals surface area contributed by atoms with Crippen molar-refractivity contribution in [1.82, 2.24) is 10.2 Å². The van der Waals surface area contributed by atoms with Gasteiger partial charge in [0.1, 0.15) is 5.82 Å². The number of nitrogens with zero attached hydrogens (tertiary/aromatic N) is 1. The van der Waals surface area contributed by atoms with Crippen LogP contribution in [-0.4, -0.2) is 31.1 Å². The Hall–Kier alpha value is -0.770. The van der Waals surface area contributed by atoms with Gasteiger partial charge in [-0.3, -0.25) is 4.90 Å². The van der Waals surface area contributed by atoms with Crippen LogP contribution in [0.4, 0.5) is 30.7 Å². The van der Waals surface area contributed by atoms with Crippen molar-refractivity contribution < 1.29 is 30.7 Å². The topological polar surface area (TPSA) is 15.3 Å². The summed E-state index contributed by atoms with van der Waals surface area (Å²) in [4.78, 5) is 1.72. The molecule has 1 aliphatic rings. The Labute approximate surface area is 178 Å². The monoisotopic (exact) mass is 472 g/mol. The maximum Gasteiger partial charge on any atom is 0.416 e. The number of halogens is 9.